The predicted molar refractivity (Wildman–Crippen MR) is 111 cm³/mol. The van der Waals surface area contributed by atoms with Crippen molar-refractivity contribution >= 4 is 91.2 Å². The van der Waals surface area contributed by atoms with Crippen LogP contribution < -0.4 is 10.6 Å². The Labute approximate surface area is 178 Å². The molecule has 1 aromatic rings. The molecule has 0 radical (unpaired) electrons. The van der Waals surface area contributed by atoms with Crippen molar-refractivity contribution in [1.82, 2.24) is 5.32 Å². The first kappa shape index (κ1) is 21.8. The molecule has 0 fully saturated rings. The van der Waals surface area contributed by atoms with Gasteiger partial charge in [0.15, 0.2) is 0 Å². The lowest BCUT2D eigenvalue weighted by atomic mass is 10.1. The molecule has 0 aliphatic carbocycles. The smallest absolute Gasteiger partial charge is 0.337 e. The van der Waals surface area contributed by atoms with Gasteiger partial charge in [0, 0.05) is 10.1 Å². The molecule has 8 nitrogen and oxygen atoms in total. The molecule has 0 saturated heterocycles. The fraction of sp³-hybridized carbons (Fsp3) is 0.308. The predicted octanol–water partition coefficient (Wildman–Crippen LogP) is 1.24. The maximum absolute atomic E-state index is 12.4. The van der Waals surface area contributed by atoms with E-state index in [1.807, 2.05) is 22.6 Å². The molecule has 132 valence electrons. The molecule has 5 N–H and O–H groups in total. The number of aliphatic hydroxyl groups excluding tert-OH is 2. The van der Waals surface area contributed by atoms with Crippen molar-refractivity contribution < 1.29 is 29.7 Å². The number of aliphatic hydroxyl groups is 2. The summed E-state index contributed by atoms with van der Waals surface area (Å²) in [6.45, 7) is 0.724. The first-order chi connectivity index (χ1) is 11.1. The SMILES string of the molecule is CC(O)CNC(=O)c1c(I)c(NC(=O)CO)c(I)c(C(=O)O)c1I. The summed E-state index contributed by atoms with van der Waals surface area (Å²) in [5.41, 5.74) is 0.116. The molecular weight excluding hydrogens is 661 g/mol. The number of rotatable bonds is 6. The number of aromatic carboxylic acids is 1. The van der Waals surface area contributed by atoms with Crippen LogP contribution in [0.5, 0.6) is 0 Å². The van der Waals surface area contributed by atoms with Gasteiger partial charge in [-0.3, -0.25) is 9.59 Å². The lowest BCUT2D eigenvalue weighted by Gasteiger charge is -2.18. The molecule has 0 aliphatic heterocycles. The first-order valence-electron chi connectivity index (χ1n) is 6.42. The number of halogens is 3. The standard InChI is InChI=1S/C13H13I3N2O6/c1-4(20)2-17-12(22)6-8(14)7(13(23)24)10(16)11(9(6)15)18-5(21)3-19/h4,19-20H,2-3H2,1H3,(H,17,22)(H,18,21)(H,23,24). The van der Waals surface area contributed by atoms with Crippen LogP contribution in [0.4, 0.5) is 5.69 Å². The highest BCUT2D eigenvalue weighted by molar-refractivity contribution is 14.1. The fourth-order valence-corrected chi connectivity index (χ4v) is 6.06. The summed E-state index contributed by atoms with van der Waals surface area (Å²) in [5.74, 6) is -2.54. The third kappa shape index (κ3) is 5.12. The van der Waals surface area contributed by atoms with E-state index in [9.17, 15) is 24.6 Å². The van der Waals surface area contributed by atoms with E-state index in [-0.39, 0.29) is 30.5 Å². The average molecular weight is 674 g/mol. The molecule has 1 atom stereocenters. The molecule has 0 heterocycles. The van der Waals surface area contributed by atoms with E-state index in [2.05, 4.69) is 10.6 Å². The largest absolute Gasteiger partial charge is 0.478 e. The molecular formula is C13H13I3N2O6. The van der Waals surface area contributed by atoms with Gasteiger partial charge in [-0.05, 0) is 74.7 Å². The van der Waals surface area contributed by atoms with Gasteiger partial charge in [0.2, 0.25) is 5.91 Å². The zero-order chi connectivity index (χ0) is 18.6. The van der Waals surface area contributed by atoms with Gasteiger partial charge in [-0.15, -0.1) is 0 Å². The van der Waals surface area contributed by atoms with Crippen molar-refractivity contribution in [2.24, 2.45) is 0 Å². The highest BCUT2D eigenvalue weighted by Crippen LogP contribution is 2.35. The third-order valence-electron chi connectivity index (χ3n) is 2.72. The van der Waals surface area contributed by atoms with E-state index in [4.69, 9.17) is 5.11 Å². The molecule has 1 unspecified atom stereocenters. The Hall–Kier alpha value is -0.260. The van der Waals surface area contributed by atoms with E-state index in [1.54, 1.807) is 45.2 Å². The number of nitrogens with one attached hydrogen (secondary N) is 2. The number of anilines is 1. The van der Waals surface area contributed by atoms with Crippen LogP contribution >= 0.6 is 67.8 Å². The van der Waals surface area contributed by atoms with E-state index in [0.29, 0.717) is 3.57 Å². The van der Waals surface area contributed by atoms with Gasteiger partial charge in [-0.1, -0.05) is 0 Å². The number of carboxylic acids is 1. The molecule has 1 rings (SSSR count). The number of hydrogen-bond donors (Lipinski definition) is 5. The minimum absolute atomic E-state index is 0.00226. The van der Waals surface area contributed by atoms with Crippen LogP contribution in [0.15, 0.2) is 0 Å². The molecule has 2 amide bonds. The second-order valence-electron chi connectivity index (χ2n) is 4.64. The van der Waals surface area contributed by atoms with E-state index < -0.39 is 30.5 Å². The monoisotopic (exact) mass is 674 g/mol. The second-order valence-corrected chi connectivity index (χ2v) is 7.87. The summed E-state index contributed by atoms with van der Waals surface area (Å²) in [6.07, 6.45) is -0.763. The van der Waals surface area contributed by atoms with Crippen molar-refractivity contribution in [3.8, 4) is 0 Å². The molecule has 0 saturated carbocycles. The number of hydrogen-bond acceptors (Lipinski definition) is 5. The molecule has 0 spiro atoms. The molecule has 0 bridgehead atoms. The zero-order valence-corrected chi connectivity index (χ0v) is 18.7. The van der Waals surface area contributed by atoms with Gasteiger partial charge in [0.05, 0.1) is 30.1 Å². The van der Waals surface area contributed by atoms with E-state index in [1.165, 1.54) is 6.92 Å². The molecule has 0 aromatic heterocycles. The maximum atomic E-state index is 12.4. The van der Waals surface area contributed by atoms with Crippen LogP contribution in [-0.4, -0.2) is 52.4 Å². The summed E-state index contributed by atoms with van der Waals surface area (Å²) in [6, 6.07) is 0. The molecule has 1 aromatic carbocycles. The Morgan fingerprint density at radius 3 is 2.08 bits per heavy atom. The summed E-state index contributed by atoms with van der Waals surface area (Å²) in [7, 11) is 0. The van der Waals surface area contributed by atoms with Crippen LogP contribution in [-0.2, 0) is 4.79 Å². The van der Waals surface area contributed by atoms with Gasteiger partial charge in [-0.25, -0.2) is 4.79 Å². The Morgan fingerprint density at radius 1 is 1.08 bits per heavy atom. The Balaban J connectivity index is 3.54. The van der Waals surface area contributed by atoms with Crippen molar-refractivity contribution in [3.63, 3.8) is 0 Å². The Morgan fingerprint density at radius 2 is 1.62 bits per heavy atom. The van der Waals surface area contributed by atoms with Crippen LogP contribution in [0.1, 0.15) is 27.6 Å². The fourth-order valence-electron chi connectivity index (χ4n) is 1.67. The summed E-state index contributed by atoms with van der Waals surface area (Å²) in [4.78, 5) is 35.4. The van der Waals surface area contributed by atoms with Crippen molar-refractivity contribution in [2.75, 3.05) is 18.5 Å². The minimum atomic E-state index is -1.25. The van der Waals surface area contributed by atoms with Crippen LogP contribution in [0.25, 0.3) is 0 Å². The number of carbonyl (C=O) groups is 3. The highest BCUT2D eigenvalue weighted by atomic mass is 127. The van der Waals surface area contributed by atoms with Crippen LogP contribution in [0.3, 0.4) is 0 Å². The molecule has 11 heteroatoms. The summed E-state index contributed by atoms with van der Waals surface area (Å²) >= 11 is 5.37. The Bertz CT molecular complexity index is 693. The summed E-state index contributed by atoms with van der Waals surface area (Å²) in [5, 5.41) is 32.5. The minimum Gasteiger partial charge on any atom is -0.478 e. The van der Waals surface area contributed by atoms with Gasteiger partial charge < -0.3 is 26.0 Å². The maximum Gasteiger partial charge on any atom is 0.337 e. The zero-order valence-electron chi connectivity index (χ0n) is 12.2. The van der Waals surface area contributed by atoms with Crippen molar-refractivity contribution in [1.29, 1.82) is 0 Å². The van der Waals surface area contributed by atoms with Crippen molar-refractivity contribution in [3.05, 3.63) is 21.8 Å². The van der Waals surface area contributed by atoms with Crippen molar-refractivity contribution in [2.45, 2.75) is 13.0 Å². The second kappa shape index (κ2) is 9.44. The van der Waals surface area contributed by atoms with Gasteiger partial charge in [-0.2, -0.15) is 0 Å². The van der Waals surface area contributed by atoms with Crippen LogP contribution in [0.2, 0.25) is 0 Å². The van der Waals surface area contributed by atoms with Crippen LogP contribution in [0, 0.1) is 10.7 Å². The number of carboxylic acid groups (broad SMARTS) is 1. The number of benzene rings is 1. The lowest BCUT2D eigenvalue weighted by molar-refractivity contribution is -0.118. The third-order valence-corrected chi connectivity index (χ3v) is 5.96. The van der Waals surface area contributed by atoms with E-state index in [0.717, 1.165) is 0 Å². The Kier molecular flexibility index (Phi) is 8.57. The highest BCUT2D eigenvalue weighted by Gasteiger charge is 2.28. The first-order valence-corrected chi connectivity index (χ1v) is 9.66. The normalized spacial score (nSPS) is 11.8. The van der Waals surface area contributed by atoms with Gasteiger partial charge in [0.1, 0.15) is 6.61 Å². The van der Waals surface area contributed by atoms with E-state index >= 15 is 0 Å². The van der Waals surface area contributed by atoms with Gasteiger partial charge in [0.25, 0.3) is 5.91 Å². The molecule has 24 heavy (non-hydrogen) atoms. The summed E-state index contributed by atoms with van der Waals surface area (Å²) < 4.78 is 0.818. The van der Waals surface area contributed by atoms with Gasteiger partial charge >= 0.3 is 5.97 Å². The lowest BCUT2D eigenvalue weighted by Crippen LogP contribution is -2.32. The topological polar surface area (TPSA) is 136 Å². The quantitative estimate of drug-likeness (QED) is 0.289. The molecule has 0 aliphatic rings. The number of amides is 2. The number of carbonyl (C=O) groups excluding carboxylic acids is 2. The average Bonchev–Trinajstić information content (AvgIpc) is 2.48.